The molecule has 4 nitrogen and oxygen atoms in total. The van der Waals surface area contributed by atoms with E-state index in [9.17, 15) is 0 Å². The fourth-order valence-electron chi connectivity index (χ4n) is 8.02. The minimum absolute atomic E-state index is 0.593. The molecule has 0 bridgehead atoms. The van der Waals surface area contributed by atoms with Crippen LogP contribution in [-0.2, 0) is 0 Å². The Hall–Kier alpha value is -7.43. The van der Waals surface area contributed by atoms with E-state index in [1.807, 2.05) is 24.3 Å². The van der Waals surface area contributed by atoms with Crippen LogP contribution in [-0.4, -0.2) is 15.0 Å². The molecule has 0 atom stereocenters. The lowest BCUT2D eigenvalue weighted by molar-refractivity contribution is 0.669. The highest BCUT2D eigenvalue weighted by atomic mass is 16.3. The van der Waals surface area contributed by atoms with Gasteiger partial charge in [-0.3, -0.25) is 0 Å². The number of rotatable bonds is 5. The number of benzene rings is 9. The maximum Gasteiger partial charge on any atom is 0.164 e. The first-order chi connectivity index (χ1) is 27.2. The van der Waals surface area contributed by atoms with Gasteiger partial charge < -0.3 is 4.42 Å². The van der Waals surface area contributed by atoms with Crippen LogP contribution in [0.1, 0.15) is 0 Å². The zero-order chi connectivity index (χ0) is 36.3. The molecule has 0 saturated heterocycles. The second-order valence-electron chi connectivity index (χ2n) is 14.0. The van der Waals surface area contributed by atoms with Crippen LogP contribution >= 0.6 is 0 Å². The Morgan fingerprint density at radius 2 is 0.855 bits per heavy atom. The van der Waals surface area contributed by atoms with E-state index in [1.54, 1.807) is 0 Å². The minimum atomic E-state index is 0.593. The van der Waals surface area contributed by atoms with Crippen molar-refractivity contribution < 1.29 is 4.42 Å². The van der Waals surface area contributed by atoms with Gasteiger partial charge in [-0.15, -0.1) is 0 Å². The quantitative estimate of drug-likeness (QED) is 0.168. The molecule has 4 heteroatoms. The van der Waals surface area contributed by atoms with Crippen molar-refractivity contribution in [2.24, 2.45) is 0 Å². The molecule has 2 heterocycles. The zero-order valence-corrected chi connectivity index (χ0v) is 29.6. The number of furan rings is 1. The SMILES string of the molecule is c1ccc(-c2cccc(-c3nc(-c4ccc5c(ccc6ccc7ccccc7c65)c4)nc(-c4cccc5oc6cc(-c7ccccc7)ccc6c45)n3)c2)cc1. The van der Waals surface area contributed by atoms with Crippen LogP contribution in [0.25, 0.3) is 111 Å². The molecule has 0 aliphatic carbocycles. The molecular weight excluding hydrogens is 671 g/mol. The van der Waals surface area contributed by atoms with Crippen LogP contribution in [0.3, 0.4) is 0 Å². The number of fused-ring (bicyclic) bond motifs is 8. The first kappa shape index (κ1) is 31.1. The highest BCUT2D eigenvalue weighted by molar-refractivity contribution is 6.20. The summed E-state index contributed by atoms with van der Waals surface area (Å²) in [5.41, 5.74) is 8.83. The molecule has 256 valence electrons. The molecule has 0 radical (unpaired) electrons. The van der Waals surface area contributed by atoms with E-state index < -0.39 is 0 Å². The average molecular weight is 702 g/mol. The minimum Gasteiger partial charge on any atom is -0.456 e. The number of aromatic nitrogens is 3. The van der Waals surface area contributed by atoms with E-state index in [4.69, 9.17) is 19.4 Å². The standard InChI is InChI=1S/C51H31N3O/c1-3-11-32(12-4-1)36-16-9-17-39(29-36)49-52-50(40-26-27-42-38(30-40)24-23-35-22-21-34-15-7-8-18-41(34)47(35)42)54-51(53-49)44-19-10-20-45-48(44)43-28-25-37(31-46(43)55-45)33-13-5-2-6-14-33/h1-31H. The van der Waals surface area contributed by atoms with Gasteiger partial charge in [0.05, 0.1) is 0 Å². The summed E-state index contributed by atoms with van der Waals surface area (Å²) in [4.78, 5) is 15.6. The van der Waals surface area contributed by atoms with Gasteiger partial charge >= 0.3 is 0 Å². The van der Waals surface area contributed by atoms with Gasteiger partial charge in [-0.1, -0.05) is 158 Å². The molecule has 0 saturated carbocycles. The molecular formula is C51H31N3O. The molecule has 0 fully saturated rings. The van der Waals surface area contributed by atoms with Crippen molar-refractivity contribution in [2.75, 3.05) is 0 Å². The summed E-state index contributed by atoms with van der Waals surface area (Å²) in [6.45, 7) is 0. The second-order valence-corrected chi connectivity index (χ2v) is 14.0. The monoisotopic (exact) mass is 701 g/mol. The Kier molecular flexibility index (Phi) is 7.14. The van der Waals surface area contributed by atoms with E-state index in [0.717, 1.165) is 66.3 Å². The Labute approximate surface area is 317 Å². The lowest BCUT2D eigenvalue weighted by Gasteiger charge is -2.12. The third-order valence-corrected chi connectivity index (χ3v) is 10.7. The Bertz CT molecular complexity index is 3260. The molecule has 11 rings (SSSR count). The fraction of sp³-hybridized carbons (Fsp3) is 0. The van der Waals surface area contributed by atoms with Crippen molar-refractivity contribution in [3.05, 3.63) is 188 Å². The maximum absolute atomic E-state index is 6.51. The molecule has 11 aromatic rings. The Morgan fingerprint density at radius 1 is 0.291 bits per heavy atom. The smallest absolute Gasteiger partial charge is 0.164 e. The predicted molar refractivity (Wildman–Crippen MR) is 227 cm³/mol. The molecule has 0 aliphatic rings. The molecule has 9 aromatic carbocycles. The number of nitrogens with zero attached hydrogens (tertiary/aromatic N) is 3. The molecule has 0 aliphatic heterocycles. The fourth-order valence-corrected chi connectivity index (χ4v) is 8.02. The summed E-state index contributed by atoms with van der Waals surface area (Å²) < 4.78 is 6.51. The van der Waals surface area contributed by atoms with Gasteiger partial charge in [0.2, 0.25) is 0 Å². The maximum atomic E-state index is 6.51. The van der Waals surface area contributed by atoms with Crippen LogP contribution in [0.2, 0.25) is 0 Å². The van der Waals surface area contributed by atoms with Gasteiger partial charge in [0.25, 0.3) is 0 Å². The molecule has 0 N–H and O–H groups in total. The molecule has 2 aromatic heterocycles. The van der Waals surface area contributed by atoms with Crippen LogP contribution in [0, 0.1) is 0 Å². The molecule has 0 spiro atoms. The number of hydrogen-bond acceptors (Lipinski definition) is 4. The summed E-state index contributed by atoms with van der Waals surface area (Å²) in [6, 6.07) is 65.8. The van der Waals surface area contributed by atoms with E-state index >= 15 is 0 Å². The van der Waals surface area contributed by atoms with E-state index in [0.29, 0.717) is 17.5 Å². The molecule has 0 unspecified atom stereocenters. The molecule has 0 amide bonds. The number of hydrogen-bond donors (Lipinski definition) is 0. The van der Waals surface area contributed by atoms with Crippen LogP contribution in [0.5, 0.6) is 0 Å². The van der Waals surface area contributed by atoms with Gasteiger partial charge in [0.1, 0.15) is 11.2 Å². The summed E-state index contributed by atoms with van der Waals surface area (Å²) in [7, 11) is 0. The first-order valence-electron chi connectivity index (χ1n) is 18.5. The van der Waals surface area contributed by atoms with Gasteiger partial charge in [-0.2, -0.15) is 0 Å². The van der Waals surface area contributed by atoms with Crippen molar-refractivity contribution in [1.82, 2.24) is 15.0 Å². The van der Waals surface area contributed by atoms with E-state index in [1.165, 1.54) is 26.9 Å². The lowest BCUT2D eigenvalue weighted by atomic mass is 9.95. The van der Waals surface area contributed by atoms with Crippen molar-refractivity contribution >= 4 is 54.3 Å². The third kappa shape index (κ3) is 5.34. The van der Waals surface area contributed by atoms with Gasteiger partial charge in [0.15, 0.2) is 17.5 Å². The van der Waals surface area contributed by atoms with Crippen molar-refractivity contribution in [1.29, 1.82) is 0 Å². The van der Waals surface area contributed by atoms with Gasteiger partial charge in [-0.05, 0) is 84.9 Å². The topological polar surface area (TPSA) is 51.8 Å². The second kappa shape index (κ2) is 12.6. The summed E-state index contributed by atoms with van der Waals surface area (Å²) in [5, 5.41) is 9.29. The highest BCUT2D eigenvalue weighted by Crippen LogP contribution is 2.39. The summed E-state index contributed by atoms with van der Waals surface area (Å²) >= 11 is 0. The Balaban J connectivity index is 1.12. The average Bonchev–Trinajstić information content (AvgIpc) is 3.65. The normalized spacial score (nSPS) is 11.6. The van der Waals surface area contributed by atoms with Crippen molar-refractivity contribution in [3.63, 3.8) is 0 Å². The van der Waals surface area contributed by atoms with E-state index in [2.05, 4.69) is 164 Å². The largest absolute Gasteiger partial charge is 0.456 e. The first-order valence-corrected chi connectivity index (χ1v) is 18.5. The van der Waals surface area contributed by atoms with Crippen LogP contribution < -0.4 is 0 Å². The van der Waals surface area contributed by atoms with Crippen molar-refractivity contribution in [2.45, 2.75) is 0 Å². The Morgan fingerprint density at radius 3 is 1.65 bits per heavy atom. The highest BCUT2D eigenvalue weighted by Gasteiger charge is 2.19. The van der Waals surface area contributed by atoms with Crippen LogP contribution in [0.15, 0.2) is 192 Å². The summed E-state index contributed by atoms with van der Waals surface area (Å²) in [6.07, 6.45) is 0. The third-order valence-electron chi connectivity index (χ3n) is 10.7. The zero-order valence-electron chi connectivity index (χ0n) is 29.6. The predicted octanol–water partition coefficient (Wildman–Crippen LogP) is 13.6. The van der Waals surface area contributed by atoms with Gasteiger partial charge in [-0.25, -0.2) is 15.0 Å². The van der Waals surface area contributed by atoms with Crippen molar-refractivity contribution in [3.8, 4) is 56.4 Å². The van der Waals surface area contributed by atoms with Gasteiger partial charge in [0, 0.05) is 27.5 Å². The van der Waals surface area contributed by atoms with E-state index in [-0.39, 0.29) is 0 Å². The summed E-state index contributed by atoms with van der Waals surface area (Å²) in [5.74, 6) is 1.81. The van der Waals surface area contributed by atoms with Crippen LogP contribution in [0.4, 0.5) is 0 Å². The molecule has 55 heavy (non-hydrogen) atoms. The lowest BCUT2D eigenvalue weighted by Crippen LogP contribution is -2.00.